The van der Waals surface area contributed by atoms with Crippen LogP contribution in [0.3, 0.4) is 0 Å². The Morgan fingerprint density at radius 3 is 2.06 bits per heavy atom. The number of oxime groups is 1. The molecule has 1 fully saturated rings. The van der Waals surface area contributed by atoms with Gasteiger partial charge in [0.15, 0.2) is 0 Å². The fourth-order valence-electron chi connectivity index (χ4n) is 6.35. The van der Waals surface area contributed by atoms with Crippen molar-refractivity contribution < 1.29 is 23.5 Å². The van der Waals surface area contributed by atoms with Crippen LogP contribution in [-0.4, -0.2) is 68.6 Å². The van der Waals surface area contributed by atoms with Crippen LogP contribution in [0.2, 0.25) is 5.04 Å². The molecule has 1 aliphatic rings. The van der Waals surface area contributed by atoms with E-state index in [1.165, 1.54) is 4.57 Å². The summed E-state index contributed by atoms with van der Waals surface area (Å²) in [5.74, 6) is -0.147. The van der Waals surface area contributed by atoms with Crippen molar-refractivity contribution in [3.63, 3.8) is 0 Å². The molecule has 10 nitrogen and oxygen atoms in total. The zero-order valence-electron chi connectivity index (χ0n) is 27.5. The molecule has 5 rings (SSSR count). The van der Waals surface area contributed by atoms with Crippen molar-refractivity contribution in [2.75, 3.05) is 19.0 Å². The highest BCUT2D eigenvalue weighted by atomic mass is 28.4. The van der Waals surface area contributed by atoms with Gasteiger partial charge in [-0.1, -0.05) is 99.6 Å². The van der Waals surface area contributed by atoms with Gasteiger partial charge in [0, 0.05) is 31.2 Å². The lowest BCUT2D eigenvalue weighted by atomic mass is 10.1. The second kappa shape index (κ2) is 14.6. The average Bonchev–Trinajstić information content (AvgIpc) is 3.40. The second-order valence-corrected chi connectivity index (χ2v) is 16.9. The van der Waals surface area contributed by atoms with E-state index in [0.717, 1.165) is 10.4 Å². The van der Waals surface area contributed by atoms with Gasteiger partial charge in [-0.2, -0.15) is 4.98 Å². The van der Waals surface area contributed by atoms with Crippen LogP contribution >= 0.6 is 0 Å². The summed E-state index contributed by atoms with van der Waals surface area (Å²) in [6.45, 7) is 12.1. The van der Waals surface area contributed by atoms with Crippen molar-refractivity contribution in [1.82, 2.24) is 9.55 Å². The van der Waals surface area contributed by atoms with Crippen LogP contribution in [-0.2, 0) is 25.3 Å². The number of hydrogen-bond donors (Lipinski definition) is 1. The van der Waals surface area contributed by atoms with Crippen molar-refractivity contribution in [3.05, 3.63) is 119 Å². The smallest absolute Gasteiger partial charge is 0.349 e. The minimum atomic E-state index is -3.03. The number of methoxy groups -OCH3 is 1. The average molecular weight is 655 g/mol. The molecule has 0 bridgehead atoms. The molecule has 1 aromatic heterocycles. The molecule has 2 heterocycles. The number of hydrogen-bond acceptors (Lipinski definition) is 8. The summed E-state index contributed by atoms with van der Waals surface area (Å²) in [6, 6.07) is 29.4. The summed E-state index contributed by atoms with van der Waals surface area (Å²) in [5, 5.41) is 8.30. The highest BCUT2D eigenvalue weighted by molar-refractivity contribution is 6.99. The number of carbonyl (C=O) groups is 1. The fourth-order valence-corrected chi connectivity index (χ4v) is 11.1. The third kappa shape index (κ3) is 7.13. The van der Waals surface area contributed by atoms with E-state index >= 15 is 0 Å². The predicted molar refractivity (Wildman–Crippen MR) is 185 cm³/mol. The SMILES string of the molecule is C=NOC[C@H]1O[C@@H](Cn2cc(C)c(NC(=O)c3ccccc3)nc2=O)[C@H](OC)[C@@H]1O[Si](c1ccccc1)(c1ccccc1)C(C)(C)C. The van der Waals surface area contributed by atoms with E-state index in [1.54, 1.807) is 44.5 Å². The number of aromatic nitrogens is 2. The lowest BCUT2D eigenvalue weighted by Crippen LogP contribution is -2.69. The lowest BCUT2D eigenvalue weighted by molar-refractivity contribution is -0.0445. The number of carbonyl (C=O) groups excluding carboxylic acids is 1. The molecule has 1 aliphatic heterocycles. The standard InChI is InChI=1S/C36H42N4O6Si/c1-25-22-40(35(42)39-33(25)38-34(41)26-16-10-7-11-17-26)23-29-31(43-6)32(30(45-29)24-44-37-5)46-47(36(2,3)4,27-18-12-8-13-19-27)28-20-14-9-15-21-28/h7-22,29-32H,5,23-24H2,1-4,6H3,(H,38,39,41,42)/t29-,30+,31-,32+/m0/s1. The Kier molecular flexibility index (Phi) is 10.5. The Morgan fingerprint density at radius 2 is 1.53 bits per heavy atom. The van der Waals surface area contributed by atoms with Crippen LogP contribution in [0.25, 0.3) is 0 Å². The normalized spacial score (nSPS) is 19.7. The first kappa shape index (κ1) is 33.9. The maximum absolute atomic E-state index is 13.3. The summed E-state index contributed by atoms with van der Waals surface area (Å²) in [5.41, 5.74) is 0.556. The zero-order valence-corrected chi connectivity index (χ0v) is 28.5. The van der Waals surface area contributed by atoms with Gasteiger partial charge in [-0.05, 0) is 34.5 Å². The second-order valence-electron chi connectivity index (χ2n) is 12.6. The van der Waals surface area contributed by atoms with Crippen LogP contribution in [0.4, 0.5) is 5.82 Å². The van der Waals surface area contributed by atoms with Gasteiger partial charge in [0.1, 0.15) is 36.8 Å². The van der Waals surface area contributed by atoms with E-state index in [2.05, 4.69) is 67.2 Å². The quantitative estimate of drug-likeness (QED) is 0.139. The van der Waals surface area contributed by atoms with E-state index < -0.39 is 38.4 Å². The molecule has 0 unspecified atom stereocenters. The molecular weight excluding hydrogens is 613 g/mol. The van der Waals surface area contributed by atoms with Gasteiger partial charge in [0.05, 0.1) is 6.54 Å². The van der Waals surface area contributed by atoms with E-state index in [1.807, 2.05) is 42.5 Å². The number of nitrogens with zero attached hydrogens (tertiary/aromatic N) is 3. The Morgan fingerprint density at radius 1 is 0.957 bits per heavy atom. The summed E-state index contributed by atoms with van der Waals surface area (Å²) in [4.78, 5) is 35.7. The molecule has 0 spiro atoms. The maximum atomic E-state index is 13.3. The number of anilines is 1. The molecule has 11 heteroatoms. The van der Waals surface area contributed by atoms with Gasteiger partial charge in [-0.25, -0.2) is 4.79 Å². The molecule has 246 valence electrons. The van der Waals surface area contributed by atoms with Crippen LogP contribution in [0, 0.1) is 6.92 Å². The molecule has 47 heavy (non-hydrogen) atoms. The van der Waals surface area contributed by atoms with E-state index in [4.69, 9.17) is 18.7 Å². The summed E-state index contributed by atoms with van der Waals surface area (Å²) >= 11 is 0. The Labute approximate surface area is 276 Å². The van der Waals surface area contributed by atoms with Crippen molar-refractivity contribution in [1.29, 1.82) is 0 Å². The topological polar surface area (TPSA) is 113 Å². The minimum absolute atomic E-state index is 0.0827. The van der Waals surface area contributed by atoms with Crippen molar-refractivity contribution >= 4 is 37.1 Å². The Hall–Kier alpha value is -4.42. The molecule has 0 radical (unpaired) electrons. The van der Waals surface area contributed by atoms with Crippen molar-refractivity contribution in [2.45, 2.75) is 63.7 Å². The summed E-state index contributed by atoms with van der Waals surface area (Å²) in [6.07, 6.45) is -0.650. The maximum Gasteiger partial charge on any atom is 0.349 e. The highest BCUT2D eigenvalue weighted by Gasteiger charge is 2.56. The molecule has 1 amide bonds. The van der Waals surface area contributed by atoms with Crippen LogP contribution in [0.1, 0.15) is 36.7 Å². The van der Waals surface area contributed by atoms with Gasteiger partial charge >= 0.3 is 5.69 Å². The molecule has 1 N–H and O–H groups in total. The monoisotopic (exact) mass is 654 g/mol. The molecule has 4 atom stereocenters. The number of nitrogens with one attached hydrogen (secondary N) is 1. The van der Waals surface area contributed by atoms with Gasteiger partial charge < -0.3 is 24.1 Å². The van der Waals surface area contributed by atoms with Gasteiger partial charge in [0.2, 0.25) is 0 Å². The van der Waals surface area contributed by atoms with E-state index in [0.29, 0.717) is 11.1 Å². The number of benzene rings is 3. The number of aryl methyl sites for hydroxylation is 1. The number of amides is 1. The van der Waals surface area contributed by atoms with E-state index in [-0.39, 0.29) is 29.9 Å². The minimum Gasteiger partial charge on any atom is -0.399 e. The molecule has 0 aliphatic carbocycles. The molecule has 4 aromatic rings. The molecular formula is C36H42N4O6Si. The first-order valence-corrected chi connectivity index (χ1v) is 17.5. The summed E-state index contributed by atoms with van der Waals surface area (Å²) < 4.78 is 21.6. The Balaban J connectivity index is 1.49. The number of rotatable bonds is 12. The molecule has 0 saturated carbocycles. The third-order valence-electron chi connectivity index (χ3n) is 8.56. The molecule has 1 saturated heterocycles. The lowest BCUT2D eigenvalue weighted by Gasteiger charge is -2.45. The Bertz CT molecular complexity index is 1670. The predicted octanol–water partition coefficient (Wildman–Crippen LogP) is 4.16. The first-order chi connectivity index (χ1) is 22.6. The van der Waals surface area contributed by atoms with Crippen LogP contribution < -0.4 is 21.4 Å². The van der Waals surface area contributed by atoms with Crippen LogP contribution in [0.5, 0.6) is 0 Å². The van der Waals surface area contributed by atoms with Gasteiger partial charge in [-0.3, -0.25) is 9.36 Å². The van der Waals surface area contributed by atoms with Crippen LogP contribution in [0.15, 0.2) is 107 Å². The zero-order chi connectivity index (χ0) is 33.6. The van der Waals surface area contributed by atoms with E-state index in [9.17, 15) is 9.59 Å². The fraction of sp³-hybridized carbons (Fsp3) is 0.333. The largest absolute Gasteiger partial charge is 0.399 e. The third-order valence-corrected chi connectivity index (χ3v) is 13.6. The van der Waals surface area contributed by atoms with Crippen molar-refractivity contribution in [3.8, 4) is 0 Å². The first-order valence-electron chi connectivity index (χ1n) is 15.6. The summed E-state index contributed by atoms with van der Waals surface area (Å²) in [7, 11) is -1.41. The number of ether oxygens (including phenoxy) is 2. The van der Waals surface area contributed by atoms with Gasteiger partial charge in [0.25, 0.3) is 14.2 Å². The van der Waals surface area contributed by atoms with Crippen molar-refractivity contribution in [2.24, 2.45) is 5.16 Å². The van der Waals surface area contributed by atoms with Gasteiger partial charge in [-0.15, -0.1) is 5.16 Å². The highest BCUT2D eigenvalue weighted by Crippen LogP contribution is 2.40. The molecule has 3 aromatic carbocycles.